The lowest BCUT2D eigenvalue weighted by molar-refractivity contribution is -0.274. The SMILES string of the molecule is Cc1noc(N2C[C@H]3CC[C@@H](C2)C3Nc2nc(Oc3ccc(OC(F)(F)F)cc3)n(C(C)C)n2)n1. The molecule has 2 fully saturated rings. The molecule has 2 aromatic heterocycles. The molecule has 2 bridgehead atoms. The number of aromatic nitrogens is 5. The van der Waals surface area contributed by atoms with Gasteiger partial charge >= 0.3 is 18.4 Å². The van der Waals surface area contributed by atoms with Crippen molar-refractivity contribution < 1.29 is 27.2 Å². The van der Waals surface area contributed by atoms with Crippen molar-refractivity contribution >= 4 is 12.0 Å². The predicted molar refractivity (Wildman–Crippen MR) is 118 cm³/mol. The molecule has 13 heteroatoms. The van der Waals surface area contributed by atoms with Crippen LogP contribution in [0.3, 0.4) is 0 Å². The number of hydrogen-bond donors (Lipinski definition) is 1. The summed E-state index contributed by atoms with van der Waals surface area (Å²) in [5.41, 5.74) is 0. The molecule has 1 N–H and O–H groups in total. The first-order chi connectivity index (χ1) is 16.6. The highest BCUT2D eigenvalue weighted by Gasteiger charge is 2.44. The van der Waals surface area contributed by atoms with Gasteiger partial charge in [0.25, 0.3) is 0 Å². The van der Waals surface area contributed by atoms with E-state index < -0.39 is 6.36 Å². The molecule has 0 spiro atoms. The first-order valence-corrected chi connectivity index (χ1v) is 11.5. The van der Waals surface area contributed by atoms with Crippen molar-refractivity contribution in [3.8, 4) is 17.5 Å². The quantitative estimate of drug-likeness (QED) is 0.507. The molecule has 0 amide bonds. The lowest BCUT2D eigenvalue weighted by Gasteiger charge is -2.37. The fraction of sp³-hybridized carbons (Fsp3) is 0.545. The van der Waals surface area contributed by atoms with Gasteiger partial charge in [-0.3, -0.25) is 0 Å². The molecule has 2 aliphatic rings. The largest absolute Gasteiger partial charge is 0.573 e. The molecule has 3 atom stereocenters. The van der Waals surface area contributed by atoms with E-state index >= 15 is 0 Å². The Morgan fingerprint density at radius 1 is 1.06 bits per heavy atom. The minimum atomic E-state index is -4.75. The zero-order valence-electron chi connectivity index (χ0n) is 19.5. The molecule has 5 rings (SSSR count). The normalized spacial score (nSPS) is 22.0. The molecule has 1 unspecified atom stereocenters. The van der Waals surface area contributed by atoms with Crippen LogP contribution in [0.4, 0.5) is 25.1 Å². The average molecular weight is 493 g/mol. The topological polar surface area (TPSA) is 103 Å². The highest BCUT2D eigenvalue weighted by Crippen LogP contribution is 2.40. The number of fused-ring (bicyclic) bond motifs is 2. The number of benzene rings is 1. The number of rotatable bonds is 7. The molecule has 35 heavy (non-hydrogen) atoms. The number of piperidine rings is 1. The van der Waals surface area contributed by atoms with Gasteiger partial charge in [-0.15, -0.1) is 18.3 Å². The number of nitrogens with zero attached hydrogens (tertiary/aromatic N) is 6. The predicted octanol–water partition coefficient (Wildman–Crippen LogP) is 4.57. The molecular weight excluding hydrogens is 467 g/mol. The van der Waals surface area contributed by atoms with E-state index in [1.807, 2.05) is 13.8 Å². The molecule has 188 valence electrons. The number of aryl methyl sites for hydroxylation is 1. The van der Waals surface area contributed by atoms with Gasteiger partial charge < -0.3 is 24.2 Å². The van der Waals surface area contributed by atoms with Gasteiger partial charge in [0.05, 0.1) is 6.04 Å². The van der Waals surface area contributed by atoms with Crippen molar-refractivity contribution in [2.75, 3.05) is 23.3 Å². The second kappa shape index (κ2) is 8.93. The molecule has 10 nitrogen and oxygen atoms in total. The lowest BCUT2D eigenvalue weighted by Crippen LogP contribution is -2.48. The van der Waals surface area contributed by atoms with E-state index in [0.717, 1.165) is 25.9 Å². The monoisotopic (exact) mass is 493 g/mol. The summed E-state index contributed by atoms with van der Waals surface area (Å²) < 4.78 is 53.9. The zero-order valence-corrected chi connectivity index (χ0v) is 19.5. The van der Waals surface area contributed by atoms with Crippen LogP contribution in [0.5, 0.6) is 17.5 Å². The number of halogens is 3. The highest BCUT2D eigenvalue weighted by atomic mass is 19.4. The molecule has 1 aliphatic carbocycles. The highest BCUT2D eigenvalue weighted by molar-refractivity contribution is 5.36. The van der Waals surface area contributed by atoms with E-state index in [0.29, 0.717) is 35.4 Å². The first-order valence-electron chi connectivity index (χ1n) is 11.5. The number of hydrogen-bond acceptors (Lipinski definition) is 9. The average Bonchev–Trinajstić information content (AvgIpc) is 3.45. The van der Waals surface area contributed by atoms with E-state index in [4.69, 9.17) is 9.26 Å². The summed E-state index contributed by atoms with van der Waals surface area (Å²) in [6.45, 7) is 7.30. The van der Waals surface area contributed by atoms with E-state index in [1.54, 1.807) is 11.6 Å². The van der Waals surface area contributed by atoms with Crippen LogP contribution in [-0.4, -0.2) is 50.4 Å². The van der Waals surface area contributed by atoms with Crippen molar-refractivity contribution in [1.29, 1.82) is 0 Å². The van der Waals surface area contributed by atoms with E-state index in [-0.39, 0.29) is 23.8 Å². The molecule has 0 radical (unpaired) electrons. The summed E-state index contributed by atoms with van der Waals surface area (Å²) in [5, 5.41) is 12.0. The van der Waals surface area contributed by atoms with E-state index in [2.05, 4.69) is 35.2 Å². The second-order valence-corrected chi connectivity index (χ2v) is 9.17. The molecule has 3 heterocycles. The van der Waals surface area contributed by atoms with Crippen molar-refractivity contribution in [2.24, 2.45) is 11.8 Å². The number of nitrogens with one attached hydrogen (secondary N) is 1. The van der Waals surface area contributed by atoms with Gasteiger partial charge in [-0.1, -0.05) is 5.16 Å². The van der Waals surface area contributed by atoms with Crippen molar-refractivity contribution in [1.82, 2.24) is 24.9 Å². The minimum Gasteiger partial charge on any atom is -0.424 e. The van der Waals surface area contributed by atoms with Crippen LogP contribution in [0.2, 0.25) is 0 Å². The molecule has 1 aromatic carbocycles. The smallest absolute Gasteiger partial charge is 0.424 e. The van der Waals surface area contributed by atoms with Crippen LogP contribution in [0, 0.1) is 18.8 Å². The van der Waals surface area contributed by atoms with Gasteiger partial charge in [-0.2, -0.15) is 9.97 Å². The summed E-state index contributed by atoms with van der Waals surface area (Å²) in [6, 6.07) is 6.12. The lowest BCUT2D eigenvalue weighted by atomic mass is 9.92. The Hall–Kier alpha value is -3.51. The Morgan fingerprint density at radius 3 is 2.29 bits per heavy atom. The molecule has 1 aliphatic heterocycles. The Labute approximate surface area is 199 Å². The summed E-state index contributed by atoms with van der Waals surface area (Å²) in [6.07, 6.45) is -2.60. The number of alkyl halides is 3. The summed E-state index contributed by atoms with van der Waals surface area (Å²) >= 11 is 0. The number of anilines is 2. The van der Waals surface area contributed by atoms with Crippen LogP contribution in [0.15, 0.2) is 28.8 Å². The number of ether oxygens (including phenoxy) is 2. The zero-order chi connectivity index (χ0) is 24.7. The van der Waals surface area contributed by atoms with Gasteiger partial charge in [-0.25, -0.2) is 4.68 Å². The molecular formula is C22H26F3N7O3. The van der Waals surface area contributed by atoms with Crippen LogP contribution < -0.4 is 19.7 Å². The fourth-order valence-electron chi connectivity index (χ4n) is 4.77. The van der Waals surface area contributed by atoms with E-state index in [1.165, 1.54) is 24.3 Å². The van der Waals surface area contributed by atoms with Gasteiger partial charge in [-0.05, 0) is 69.7 Å². The standard InChI is InChI=1S/C22H26F3N7O3/c1-12(2)32-21(33-16-6-8-17(9-7-16)34-22(23,24)25)28-19(29-32)27-18-14-4-5-15(18)11-31(10-14)20-26-13(3)30-35-20/h6-9,12,14-15,18H,4-5,10-11H2,1-3H3,(H,27,29)/t14-,15+,18?. The summed E-state index contributed by atoms with van der Waals surface area (Å²) in [4.78, 5) is 11.0. The third-order valence-electron chi connectivity index (χ3n) is 6.27. The van der Waals surface area contributed by atoms with Gasteiger partial charge in [0.1, 0.15) is 11.5 Å². The molecule has 3 aromatic rings. The van der Waals surface area contributed by atoms with Crippen LogP contribution >= 0.6 is 0 Å². The van der Waals surface area contributed by atoms with E-state index in [9.17, 15) is 13.2 Å². The summed E-state index contributed by atoms with van der Waals surface area (Å²) in [7, 11) is 0. The van der Waals surface area contributed by atoms with Crippen LogP contribution in [0.1, 0.15) is 38.6 Å². The van der Waals surface area contributed by atoms with Gasteiger partial charge in [0, 0.05) is 19.1 Å². The Balaban J connectivity index is 1.28. The maximum Gasteiger partial charge on any atom is 0.573 e. The fourth-order valence-corrected chi connectivity index (χ4v) is 4.77. The van der Waals surface area contributed by atoms with Crippen molar-refractivity contribution in [2.45, 2.75) is 52.1 Å². The second-order valence-electron chi connectivity index (χ2n) is 9.17. The van der Waals surface area contributed by atoms with Gasteiger partial charge in [0.2, 0.25) is 5.95 Å². The van der Waals surface area contributed by atoms with Crippen molar-refractivity contribution in [3.05, 3.63) is 30.1 Å². The van der Waals surface area contributed by atoms with Crippen LogP contribution in [-0.2, 0) is 0 Å². The Morgan fingerprint density at radius 2 is 1.71 bits per heavy atom. The van der Waals surface area contributed by atoms with Crippen molar-refractivity contribution in [3.63, 3.8) is 0 Å². The minimum absolute atomic E-state index is 0.0415. The van der Waals surface area contributed by atoms with Crippen LogP contribution in [0.25, 0.3) is 0 Å². The summed E-state index contributed by atoms with van der Waals surface area (Å²) in [5.74, 6) is 1.81. The molecule has 1 saturated carbocycles. The first kappa shape index (κ1) is 23.2. The van der Waals surface area contributed by atoms with Gasteiger partial charge in [0.15, 0.2) is 5.82 Å². The Kier molecular flexibility index (Phi) is 5.93. The Bertz CT molecular complexity index is 1150. The maximum absolute atomic E-state index is 12.4. The molecule has 1 saturated heterocycles. The third kappa shape index (κ3) is 5.13. The maximum atomic E-state index is 12.4. The third-order valence-corrected chi connectivity index (χ3v) is 6.27.